The second-order valence-electron chi connectivity index (χ2n) is 7.03. The second-order valence-corrected chi connectivity index (χ2v) is 7.03. The maximum atomic E-state index is 12.2. The van der Waals surface area contributed by atoms with E-state index in [4.69, 9.17) is 9.47 Å². The van der Waals surface area contributed by atoms with E-state index in [0.717, 1.165) is 5.06 Å². The highest BCUT2D eigenvalue weighted by Crippen LogP contribution is 2.37. The molecule has 1 atom stereocenters. The molecule has 6 heteroatoms. The summed E-state index contributed by atoms with van der Waals surface area (Å²) in [6.45, 7) is 10.9. The van der Waals surface area contributed by atoms with Crippen molar-refractivity contribution in [3.63, 3.8) is 0 Å². The maximum Gasteiger partial charge on any atom is 0.328 e. The van der Waals surface area contributed by atoms with Gasteiger partial charge in [0.15, 0.2) is 0 Å². The minimum Gasteiger partial charge on any atom is -0.463 e. The number of carbonyl (C=O) groups excluding carboxylic acids is 2. The van der Waals surface area contributed by atoms with Crippen molar-refractivity contribution in [2.45, 2.75) is 71.9 Å². The Morgan fingerprint density at radius 3 is 2.23 bits per heavy atom. The molecule has 1 unspecified atom stereocenters. The number of cyclic esters (lactones) is 1. The van der Waals surface area contributed by atoms with Crippen molar-refractivity contribution < 1.29 is 24.3 Å². The summed E-state index contributed by atoms with van der Waals surface area (Å²) in [7, 11) is 0. The summed E-state index contributed by atoms with van der Waals surface area (Å²) >= 11 is 0. The largest absolute Gasteiger partial charge is 0.463 e. The lowest BCUT2D eigenvalue weighted by atomic mass is 9.83. The van der Waals surface area contributed by atoms with Gasteiger partial charge in [0.2, 0.25) is 0 Å². The van der Waals surface area contributed by atoms with Crippen molar-refractivity contribution in [3.8, 4) is 0 Å². The average Bonchev–Trinajstić information content (AvgIpc) is 2.47. The van der Waals surface area contributed by atoms with Gasteiger partial charge in [-0.05, 0) is 40.0 Å². The first-order chi connectivity index (χ1) is 10.1. The predicted molar refractivity (Wildman–Crippen MR) is 81.3 cm³/mol. The number of nitrogens with zero attached hydrogens (tertiary/aromatic N) is 1. The topological polar surface area (TPSA) is 76.1 Å². The fraction of sp³-hybridized carbons (Fsp3) is 0.875. The van der Waals surface area contributed by atoms with Crippen molar-refractivity contribution in [1.82, 2.24) is 5.06 Å². The summed E-state index contributed by atoms with van der Waals surface area (Å²) in [5.74, 6) is -0.768. The normalized spacial score (nSPS) is 25.7. The molecule has 1 fully saturated rings. The molecule has 0 aliphatic carbocycles. The van der Waals surface area contributed by atoms with E-state index in [1.165, 1.54) is 0 Å². The van der Waals surface area contributed by atoms with Crippen LogP contribution in [0.1, 0.15) is 60.8 Å². The molecule has 0 amide bonds. The molecule has 1 heterocycles. The molecule has 0 aromatic rings. The third kappa shape index (κ3) is 3.13. The zero-order chi connectivity index (χ0) is 17.2. The third-order valence-electron chi connectivity index (χ3n) is 4.62. The molecule has 1 N–H and O–H groups in total. The zero-order valence-corrected chi connectivity index (χ0v) is 14.6. The molecule has 0 aromatic carbocycles. The lowest BCUT2D eigenvalue weighted by Crippen LogP contribution is -2.70. The van der Waals surface area contributed by atoms with Crippen molar-refractivity contribution in [1.29, 1.82) is 0 Å². The Balaban J connectivity index is 3.02. The standard InChI is InChI=1S/C16H29NO5/c1-7-15(10-21-12(18)14(4,5)6)11-22-13(19)16(8-2,9-3)17(15)20/h20H,7-11H2,1-6H3. The predicted octanol–water partition coefficient (Wildman–Crippen LogP) is 2.53. The molecule has 0 radical (unpaired) electrons. The summed E-state index contributed by atoms with van der Waals surface area (Å²) in [6, 6.07) is 0. The molecule has 1 saturated heterocycles. The van der Waals surface area contributed by atoms with Gasteiger partial charge in [-0.3, -0.25) is 4.79 Å². The van der Waals surface area contributed by atoms with Gasteiger partial charge in [0.25, 0.3) is 0 Å². The van der Waals surface area contributed by atoms with Crippen LogP contribution in [0.25, 0.3) is 0 Å². The van der Waals surface area contributed by atoms with E-state index >= 15 is 0 Å². The number of hydrogen-bond donors (Lipinski definition) is 1. The first kappa shape index (κ1) is 18.9. The summed E-state index contributed by atoms with van der Waals surface area (Å²) < 4.78 is 10.7. The highest BCUT2D eigenvalue weighted by atomic mass is 16.6. The Hall–Kier alpha value is -1.14. The van der Waals surface area contributed by atoms with Gasteiger partial charge < -0.3 is 14.7 Å². The van der Waals surface area contributed by atoms with Crippen molar-refractivity contribution in [3.05, 3.63) is 0 Å². The Morgan fingerprint density at radius 1 is 1.27 bits per heavy atom. The fourth-order valence-corrected chi connectivity index (χ4v) is 2.65. The van der Waals surface area contributed by atoms with E-state index in [1.54, 1.807) is 20.8 Å². The van der Waals surface area contributed by atoms with Crippen LogP contribution >= 0.6 is 0 Å². The van der Waals surface area contributed by atoms with Crippen LogP contribution in [-0.2, 0) is 19.1 Å². The lowest BCUT2D eigenvalue weighted by Gasteiger charge is -2.51. The van der Waals surface area contributed by atoms with Gasteiger partial charge in [-0.2, -0.15) is 5.06 Å². The number of carbonyl (C=O) groups is 2. The molecule has 6 nitrogen and oxygen atoms in total. The number of rotatable bonds is 5. The van der Waals surface area contributed by atoms with E-state index in [-0.39, 0.29) is 19.2 Å². The average molecular weight is 315 g/mol. The Kier molecular flexibility index (Phi) is 5.62. The van der Waals surface area contributed by atoms with Crippen LogP contribution in [0.5, 0.6) is 0 Å². The monoisotopic (exact) mass is 315 g/mol. The van der Waals surface area contributed by atoms with Crippen LogP contribution in [0.15, 0.2) is 0 Å². The first-order valence-electron chi connectivity index (χ1n) is 7.93. The molecular formula is C16H29NO5. The molecule has 0 bridgehead atoms. The molecule has 22 heavy (non-hydrogen) atoms. The summed E-state index contributed by atoms with van der Waals surface area (Å²) in [6.07, 6.45) is 1.34. The molecule has 1 aliphatic heterocycles. The second kappa shape index (κ2) is 6.54. The SMILES string of the molecule is CCC1(COC(=O)C(C)(C)C)COC(=O)C(CC)(CC)N1O. The third-order valence-corrected chi connectivity index (χ3v) is 4.62. The van der Waals surface area contributed by atoms with Crippen molar-refractivity contribution in [2.24, 2.45) is 5.41 Å². The van der Waals surface area contributed by atoms with E-state index in [2.05, 4.69) is 0 Å². The number of ether oxygens (including phenoxy) is 2. The van der Waals surface area contributed by atoms with Gasteiger partial charge in [0.1, 0.15) is 24.3 Å². The first-order valence-corrected chi connectivity index (χ1v) is 7.93. The van der Waals surface area contributed by atoms with Crippen LogP contribution in [0.4, 0.5) is 0 Å². The number of hydroxylamine groups is 2. The van der Waals surface area contributed by atoms with Gasteiger partial charge in [0, 0.05) is 0 Å². The summed E-state index contributed by atoms with van der Waals surface area (Å²) in [4.78, 5) is 24.2. The highest BCUT2D eigenvalue weighted by molar-refractivity contribution is 5.81. The minimum atomic E-state index is -1.08. The van der Waals surface area contributed by atoms with Crippen LogP contribution in [0.3, 0.4) is 0 Å². The molecular weight excluding hydrogens is 286 g/mol. The number of esters is 2. The van der Waals surface area contributed by atoms with Gasteiger partial charge in [-0.25, -0.2) is 4.79 Å². The quantitative estimate of drug-likeness (QED) is 0.786. The molecule has 1 rings (SSSR count). The molecule has 1 aliphatic rings. The number of hydrogen-bond acceptors (Lipinski definition) is 6. The highest BCUT2D eigenvalue weighted by Gasteiger charge is 2.56. The summed E-state index contributed by atoms with van der Waals surface area (Å²) in [5.41, 5.74) is -2.60. The Morgan fingerprint density at radius 2 is 1.82 bits per heavy atom. The Labute approximate surface area is 132 Å². The van der Waals surface area contributed by atoms with Gasteiger partial charge in [-0.15, -0.1) is 0 Å². The van der Waals surface area contributed by atoms with E-state index in [0.29, 0.717) is 19.3 Å². The summed E-state index contributed by atoms with van der Waals surface area (Å²) in [5, 5.41) is 11.8. The lowest BCUT2D eigenvalue weighted by molar-refractivity contribution is -0.290. The van der Waals surface area contributed by atoms with E-state index < -0.39 is 22.5 Å². The molecule has 0 saturated carbocycles. The van der Waals surface area contributed by atoms with Gasteiger partial charge in [-0.1, -0.05) is 20.8 Å². The van der Waals surface area contributed by atoms with Crippen molar-refractivity contribution in [2.75, 3.05) is 13.2 Å². The van der Waals surface area contributed by atoms with Crippen LogP contribution < -0.4 is 0 Å². The molecule has 0 aromatic heterocycles. The Bertz CT molecular complexity index is 425. The molecule has 0 spiro atoms. The van der Waals surface area contributed by atoms with Crippen LogP contribution in [-0.4, -0.2) is 46.5 Å². The van der Waals surface area contributed by atoms with Gasteiger partial charge >= 0.3 is 11.9 Å². The van der Waals surface area contributed by atoms with Gasteiger partial charge in [0.05, 0.1) is 5.41 Å². The molecule has 128 valence electrons. The minimum absolute atomic E-state index is 0.00880. The smallest absolute Gasteiger partial charge is 0.328 e. The number of morpholine rings is 1. The van der Waals surface area contributed by atoms with E-state index in [9.17, 15) is 14.8 Å². The fourth-order valence-electron chi connectivity index (χ4n) is 2.65. The van der Waals surface area contributed by atoms with Crippen molar-refractivity contribution >= 4 is 11.9 Å². The maximum absolute atomic E-state index is 12.2. The van der Waals surface area contributed by atoms with Crippen LogP contribution in [0.2, 0.25) is 0 Å². The van der Waals surface area contributed by atoms with E-state index in [1.807, 2.05) is 20.8 Å². The van der Waals surface area contributed by atoms with Crippen LogP contribution in [0, 0.1) is 5.41 Å². The zero-order valence-electron chi connectivity index (χ0n) is 14.6.